The highest BCUT2D eigenvalue weighted by atomic mass is 35.5. The third kappa shape index (κ3) is 4.91. The van der Waals surface area contributed by atoms with Crippen molar-refractivity contribution < 1.29 is 14.3 Å². The van der Waals surface area contributed by atoms with Gasteiger partial charge in [0, 0.05) is 11.6 Å². The van der Waals surface area contributed by atoms with E-state index in [2.05, 4.69) is 10.1 Å². The molecule has 5 heteroatoms. The van der Waals surface area contributed by atoms with Crippen molar-refractivity contribution in [2.24, 2.45) is 5.92 Å². The van der Waals surface area contributed by atoms with Crippen LogP contribution in [0.15, 0.2) is 18.2 Å². The monoisotopic (exact) mass is 283 g/mol. The molecule has 0 aliphatic heterocycles. The molecule has 0 aliphatic carbocycles. The highest BCUT2D eigenvalue weighted by Gasteiger charge is 2.14. The van der Waals surface area contributed by atoms with Crippen LogP contribution in [0, 0.1) is 12.8 Å². The Balaban J connectivity index is 2.49. The van der Waals surface area contributed by atoms with Crippen LogP contribution in [0.4, 0.5) is 0 Å². The van der Waals surface area contributed by atoms with Crippen molar-refractivity contribution in [2.45, 2.75) is 20.3 Å². The van der Waals surface area contributed by atoms with Crippen LogP contribution in [-0.4, -0.2) is 25.5 Å². The Hall–Kier alpha value is -1.55. The first kappa shape index (κ1) is 15.5. The van der Waals surface area contributed by atoms with E-state index in [4.69, 9.17) is 11.6 Å². The Morgan fingerprint density at radius 2 is 2.11 bits per heavy atom. The van der Waals surface area contributed by atoms with E-state index in [0.29, 0.717) is 5.02 Å². The zero-order chi connectivity index (χ0) is 14.4. The van der Waals surface area contributed by atoms with Crippen molar-refractivity contribution in [3.8, 4) is 0 Å². The summed E-state index contributed by atoms with van der Waals surface area (Å²) in [5, 5.41) is 3.37. The molecule has 4 nitrogen and oxygen atoms in total. The molecule has 0 aromatic heterocycles. The van der Waals surface area contributed by atoms with Gasteiger partial charge in [0.2, 0.25) is 5.91 Å². The first-order valence-corrected chi connectivity index (χ1v) is 6.41. The molecule has 104 valence electrons. The minimum atomic E-state index is -0.347. The van der Waals surface area contributed by atoms with Crippen molar-refractivity contribution >= 4 is 23.5 Å². The summed E-state index contributed by atoms with van der Waals surface area (Å²) < 4.78 is 4.59. The molecule has 1 aromatic rings. The minimum absolute atomic E-state index is 0.124. The molecule has 1 amide bonds. The molecule has 0 saturated heterocycles. The molecule has 0 radical (unpaired) electrons. The summed E-state index contributed by atoms with van der Waals surface area (Å²) in [5.41, 5.74) is 1.90. The molecule has 1 unspecified atom stereocenters. The predicted octanol–water partition coefficient (Wildman–Crippen LogP) is 2.12. The Bertz CT molecular complexity index is 474. The largest absolute Gasteiger partial charge is 0.469 e. The maximum atomic E-state index is 11.8. The maximum absolute atomic E-state index is 11.8. The second kappa shape index (κ2) is 7.14. The second-order valence-electron chi connectivity index (χ2n) is 4.48. The third-order valence-corrected chi connectivity index (χ3v) is 3.10. The van der Waals surface area contributed by atoms with E-state index in [1.807, 2.05) is 19.1 Å². The van der Waals surface area contributed by atoms with Crippen LogP contribution < -0.4 is 5.32 Å². The standard InChI is InChI=1S/C14H18ClNO3/c1-9-6-12(15)5-4-11(9)7-13(17)16-8-10(2)14(18)19-3/h4-6,10H,7-8H2,1-3H3,(H,16,17). The van der Waals surface area contributed by atoms with Gasteiger partial charge in [-0.15, -0.1) is 0 Å². The highest BCUT2D eigenvalue weighted by molar-refractivity contribution is 6.30. The summed E-state index contributed by atoms with van der Waals surface area (Å²) in [5.74, 6) is -0.801. The number of nitrogens with one attached hydrogen (secondary N) is 1. The predicted molar refractivity (Wildman–Crippen MR) is 74.1 cm³/mol. The number of benzene rings is 1. The summed E-state index contributed by atoms with van der Waals surface area (Å²) in [7, 11) is 1.33. The van der Waals surface area contributed by atoms with Crippen molar-refractivity contribution in [1.82, 2.24) is 5.32 Å². The number of rotatable bonds is 5. The number of carbonyl (C=O) groups excluding carboxylic acids is 2. The Morgan fingerprint density at radius 1 is 1.42 bits per heavy atom. The van der Waals surface area contributed by atoms with Gasteiger partial charge in [-0.3, -0.25) is 9.59 Å². The lowest BCUT2D eigenvalue weighted by molar-refractivity contribution is -0.144. The van der Waals surface area contributed by atoms with E-state index in [9.17, 15) is 9.59 Å². The van der Waals surface area contributed by atoms with Crippen LogP contribution in [0.3, 0.4) is 0 Å². The summed E-state index contributed by atoms with van der Waals surface area (Å²) in [6.07, 6.45) is 0.275. The van der Waals surface area contributed by atoms with Crippen LogP contribution in [0.5, 0.6) is 0 Å². The van der Waals surface area contributed by atoms with Gasteiger partial charge in [0.05, 0.1) is 19.4 Å². The fourth-order valence-electron chi connectivity index (χ4n) is 1.64. The quantitative estimate of drug-likeness (QED) is 0.842. The van der Waals surface area contributed by atoms with Crippen molar-refractivity contribution in [3.63, 3.8) is 0 Å². The van der Waals surface area contributed by atoms with Gasteiger partial charge in [-0.05, 0) is 30.2 Å². The van der Waals surface area contributed by atoms with Crippen molar-refractivity contribution in [1.29, 1.82) is 0 Å². The van der Waals surface area contributed by atoms with Crippen molar-refractivity contribution in [2.75, 3.05) is 13.7 Å². The number of carbonyl (C=O) groups is 2. The lowest BCUT2D eigenvalue weighted by atomic mass is 10.1. The lowest BCUT2D eigenvalue weighted by Gasteiger charge is -2.11. The van der Waals surface area contributed by atoms with Gasteiger partial charge < -0.3 is 10.1 Å². The molecule has 1 N–H and O–H groups in total. The Labute approximate surface area is 118 Å². The van der Waals surface area contributed by atoms with Gasteiger partial charge >= 0.3 is 5.97 Å². The SMILES string of the molecule is COC(=O)C(C)CNC(=O)Cc1ccc(Cl)cc1C. The number of hydrogen-bond acceptors (Lipinski definition) is 3. The van der Waals surface area contributed by atoms with Crippen LogP contribution in [0.2, 0.25) is 5.02 Å². The van der Waals surface area contributed by atoms with Crippen LogP contribution >= 0.6 is 11.6 Å². The summed E-state index contributed by atoms with van der Waals surface area (Å²) in [6, 6.07) is 5.41. The number of hydrogen-bond donors (Lipinski definition) is 1. The van der Waals surface area contributed by atoms with Crippen LogP contribution in [0.25, 0.3) is 0 Å². The number of methoxy groups -OCH3 is 1. The molecule has 19 heavy (non-hydrogen) atoms. The highest BCUT2D eigenvalue weighted by Crippen LogP contribution is 2.15. The topological polar surface area (TPSA) is 55.4 Å². The average molecular weight is 284 g/mol. The zero-order valence-corrected chi connectivity index (χ0v) is 12.1. The number of halogens is 1. The van der Waals surface area contributed by atoms with E-state index in [1.54, 1.807) is 13.0 Å². The molecular weight excluding hydrogens is 266 g/mol. The average Bonchev–Trinajstić information content (AvgIpc) is 2.38. The molecule has 0 bridgehead atoms. The van der Waals surface area contributed by atoms with E-state index >= 15 is 0 Å². The zero-order valence-electron chi connectivity index (χ0n) is 11.3. The molecular formula is C14H18ClNO3. The van der Waals surface area contributed by atoms with Gasteiger partial charge in [-0.1, -0.05) is 24.6 Å². The molecule has 0 fully saturated rings. The fourth-order valence-corrected chi connectivity index (χ4v) is 1.87. The van der Waals surface area contributed by atoms with Gasteiger partial charge in [0.15, 0.2) is 0 Å². The van der Waals surface area contributed by atoms with Crippen LogP contribution in [0.1, 0.15) is 18.1 Å². The molecule has 0 saturated carbocycles. The number of amides is 1. The number of ether oxygens (including phenoxy) is 1. The van der Waals surface area contributed by atoms with E-state index < -0.39 is 0 Å². The third-order valence-electron chi connectivity index (χ3n) is 2.86. The van der Waals surface area contributed by atoms with Gasteiger partial charge in [0.1, 0.15) is 0 Å². The van der Waals surface area contributed by atoms with E-state index in [-0.39, 0.29) is 30.8 Å². The summed E-state index contributed by atoms with van der Waals surface area (Å²) in [4.78, 5) is 23.0. The summed E-state index contributed by atoms with van der Waals surface area (Å²) >= 11 is 5.86. The molecule has 0 aliphatic rings. The molecule has 1 aromatic carbocycles. The maximum Gasteiger partial charge on any atom is 0.310 e. The van der Waals surface area contributed by atoms with E-state index in [0.717, 1.165) is 11.1 Å². The molecule has 0 heterocycles. The van der Waals surface area contributed by atoms with E-state index in [1.165, 1.54) is 7.11 Å². The summed E-state index contributed by atoms with van der Waals surface area (Å²) in [6.45, 7) is 3.89. The first-order chi connectivity index (χ1) is 8.93. The van der Waals surface area contributed by atoms with Crippen molar-refractivity contribution in [3.05, 3.63) is 34.3 Å². The smallest absolute Gasteiger partial charge is 0.310 e. The van der Waals surface area contributed by atoms with Gasteiger partial charge in [0.25, 0.3) is 0 Å². The molecule has 1 rings (SSSR count). The minimum Gasteiger partial charge on any atom is -0.469 e. The van der Waals surface area contributed by atoms with Gasteiger partial charge in [-0.2, -0.15) is 0 Å². The molecule has 1 atom stereocenters. The molecule has 0 spiro atoms. The second-order valence-corrected chi connectivity index (χ2v) is 4.91. The Morgan fingerprint density at radius 3 is 2.68 bits per heavy atom. The number of esters is 1. The fraction of sp³-hybridized carbons (Fsp3) is 0.429. The van der Waals surface area contributed by atoms with Crippen LogP contribution in [-0.2, 0) is 20.7 Å². The van der Waals surface area contributed by atoms with Gasteiger partial charge in [-0.25, -0.2) is 0 Å². The Kier molecular flexibility index (Phi) is 5.83. The number of aryl methyl sites for hydroxylation is 1. The lowest BCUT2D eigenvalue weighted by Crippen LogP contribution is -2.33. The normalized spacial score (nSPS) is 11.8. The first-order valence-electron chi connectivity index (χ1n) is 6.03.